The van der Waals surface area contributed by atoms with Crippen molar-refractivity contribution in [3.8, 4) is 0 Å². The Balaban J connectivity index is 1.63. The summed E-state index contributed by atoms with van der Waals surface area (Å²) in [6.07, 6.45) is 1.31. The zero-order valence-electron chi connectivity index (χ0n) is 9.70. The average molecular weight is 247 g/mol. The highest BCUT2D eigenvalue weighted by atomic mass is 16.5. The summed E-state index contributed by atoms with van der Waals surface area (Å²) in [5, 5.41) is 6.24. The molecular formula is C12H13N3O3. The van der Waals surface area contributed by atoms with Crippen molar-refractivity contribution in [2.24, 2.45) is 0 Å². The summed E-state index contributed by atoms with van der Waals surface area (Å²) in [5.41, 5.74) is 0.950. The van der Waals surface area contributed by atoms with E-state index in [4.69, 9.17) is 4.74 Å². The van der Waals surface area contributed by atoms with Gasteiger partial charge in [-0.3, -0.25) is 0 Å². The summed E-state index contributed by atoms with van der Waals surface area (Å²) in [4.78, 5) is 15.2. The van der Waals surface area contributed by atoms with Crippen LogP contribution in [0.1, 0.15) is 11.4 Å². The Morgan fingerprint density at radius 2 is 2.17 bits per heavy atom. The van der Waals surface area contributed by atoms with Crippen LogP contribution in [0.3, 0.4) is 0 Å². The molecule has 0 bridgehead atoms. The lowest BCUT2D eigenvalue weighted by Gasteiger charge is -2.05. The third kappa shape index (κ3) is 3.89. The molecule has 0 saturated heterocycles. The monoisotopic (exact) mass is 247 g/mol. The number of nitrogens with zero attached hydrogens (tertiary/aromatic N) is 2. The van der Waals surface area contributed by atoms with E-state index in [1.807, 2.05) is 30.3 Å². The molecule has 0 spiro atoms. The van der Waals surface area contributed by atoms with Gasteiger partial charge >= 0.3 is 6.09 Å². The molecule has 1 N–H and O–H groups in total. The summed E-state index contributed by atoms with van der Waals surface area (Å²) < 4.78 is 9.61. The molecule has 0 aliphatic carbocycles. The number of aromatic nitrogens is 2. The number of rotatable bonds is 5. The molecule has 6 heteroatoms. The number of hydrogen-bond donors (Lipinski definition) is 1. The van der Waals surface area contributed by atoms with Gasteiger partial charge in [0, 0.05) is 13.0 Å². The molecule has 1 heterocycles. The lowest BCUT2D eigenvalue weighted by Crippen LogP contribution is -2.26. The minimum atomic E-state index is -0.456. The van der Waals surface area contributed by atoms with E-state index in [1.54, 1.807) is 0 Å². The lowest BCUT2D eigenvalue weighted by atomic mass is 10.2. The number of alkyl carbamates (subject to hydrolysis) is 1. The molecule has 6 nitrogen and oxygen atoms in total. The molecule has 0 saturated carbocycles. The number of amides is 1. The maximum atomic E-state index is 11.3. The van der Waals surface area contributed by atoms with Crippen molar-refractivity contribution in [3.63, 3.8) is 0 Å². The van der Waals surface area contributed by atoms with Gasteiger partial charge in [-0.1, -0.05) is 35.5 Å². The summed E-state index contributed by atoms with van der Waals surface area (Å²) in [6.45, 7) is 0.669. The largest absolute Gasteiger partial charge is 0.445 e. The first-order chi connectivity index (χ1) is 8.84. The van der Waals surface area contributed by atoms with Crippen molar-refractivity contribution >= 4 is 6.09 Å². The van der Waals surface area contributed by atoms with Crippen molar-refractivity contribution in [2.75, 3.05) is 6.54 Å². The Hall–Kier alpha value is -2.37. The van der Waals surface area contributed by atoms with Gasteiger partial charge in [-0.2, -0.15) is 4.98 Å². The minimum absolute atomic E-state index is 0.259. The van der Waals surface area contributed by atoms with E-state index in [-0.39, 0.29) is 6.61 Å². The van der Waals surface area contributed by atoms with Crippen LogP contribution >= 0.6 is 0 Å². The number of ether oxygens (including phenoxy) is 1. The van der Waals surface area contributed by atoms with Crippen molar-refractivity contribution in [1.82, 2.24) is 15.5 Å². The Labute approximate surface area is 104 Å². The van der Waals surface area contributed by atoms with Crippen molar-refractivity contribution in [2.45, 2.75) is 13.0 Å². The van der Waals surface area contributed by atoms with Crippen molar-refractivity contribution in [1.29, 1.82) is 0 Å². The fourth-order valence-electron chi connectivity index (χ4n) is 1.35. The molecule has 2 rings (SSSR count). The highest BCUT2D eigenvalue weighted by Gasteiger charge is 2.03. The van der Waals surface area contributed by atoms with Crippen LogP contribution in [0.4, 0.5) is 4.79 Å². The number of nitrogens with one attached hydrogen (secondary N) is 1. The van der Waals surface area contributed by atoms with E-state index in [0.717, 1.165) is 5.56 Å². The van der Waals surface area contributed by atoms with Gasteiger partial charge in [0.2, 0.25) is 6.39 Å². The van der Waals surface area contributed by atoms with Crippen LogP contribution in [0.5, 0.6) is 0 Å². The maximum Gasteiger partial charge on any atom is 0.407 e. The molecule has 18 heavy (non-hydrogen) atoms. The van der Waals surface area contributed by atoms with Crippen LogP contribution < -0.4 is 5.32 Å². The predicted octanol–water partition coefficient (Wildman–Crippen LogP) is 1.54. The molecule has 1 aromatic heterocycles. The summed E-state index contributed by atoms with van der Waals surface area (Å²) in [6, 6.07) is 9.49. The Morgan fingerprint density at radius 3 is 2.89 bits per heavy atom. The molecule has 0 aliphatic heterocycles. The Bertz CT molecular complexity index is 471. The minimum Gasteiger partial charge on any atom is -0.445 e. The van der Waals surface area contributed by atoms with Gasteiger partial charge in [0.15, 0.2) is 5.82 Å². The summed E-state index contributed by atoms with van der Waals surface area (Å²) in [5.74, 6) is 0.554. The predicted molar refractivity (Wildman–Crippen MR) is 62.6 cm³/mol. The smallest absolute Gasteiger partial charge is 0.407 e. The number of carbonyl (C=O) groups excluding carboxylic acids is 1. The second kappa shape index (κ2) is 6.39. The highest BCUT2D eigenvalue weighted by molar-refractivity contribution is 5.67. The topological polar surface area (TPSA) is 77.3 Å². The standard InChI is InChI=1S/C12H13N3O3/c16-12(13-7-6-11-14-9-18-15-11)17-8-10-4-2-1-3-5-10/h1-5,9H,6-8H2,(H,13,16). The lowest BCUT2D eigenvalue weighted by molar-refractivity contribution is 0.139. The van der Waals surface area contributed by atoms with E-state index < -0.39 is 6.09 Å². The molecule has 2 aromatic rings. The maximum absolute atomic E-state index is 11.3. The van der Waals surface area contributed by atoms with Gasteiger partial charge in [0.05, 0.1) is 0 Å². The SMILES string of the molecule is O=C(NCCc1ncon1)OCc1ccccc1. The molecule has 94 valence electrons. The van der Waals surface area contributed by atoms with Crippen LogP contribution in [0, 0.1) is 0 Å². The van der Waals surface area contributed by atoms with Crippen LogP contribution in [0.15, 0.2) is 41.2 Å². The fourth-order valence-corrected chi connectivity index (χ4v) is 1.35. The van der Waals surface area contributed by atoms with Crippen LogP contribution in [-0.2, 0) is 17.8 Å². The third-order valence-electron chi connectivity index (χ3n) is 2.24. The van der Waals surface area contributed by atoms with E-state index in [9.17, 15) is 4.79 Å². The molecule has 0 radical (unpaired) electrons. The van der Waals surface area contributed by atoms with Crippen LogP contribution in [0.25, 0.3) is 0 Å². The van der Waals surface area contributed by atoms with Crippen molar-refractivity contribution < 1.29 is 14.1 Å². The molecule has 0 aliphatic rings. The van der Waals surface area contributed by atoms with E-state index in [2.05, 4.69) is 20.0 Å². The quantitative estimate of drug-likeness (QED) is 0.867. The first-order valence-corrected chi connectivity index (χ1v) is 5.54. The van der Waals surface area contributed by atoms with Crippen LogP contribution in [0.2, 0.25) is 0 Å². The molecule has 1 amide bonds. The van der Waals surface area contributed by atoms with Gasteiger partial charge in [-0.05, 0) is 5.56 Å². The number of benzene rings is 1. The Morgan fingerprint density at radius 1 is 1.33 bits per heavy atom. The Kier molecular flexibility index (Phi) is 4.29. The normalized spacial score (nSPS) is 10.0. The number of hydrogen-bond acceptors (Lipinski definition) is 5. The first kappa shape index (κ1) is 12.1. The van der Waals surface area contributed by atoms with Crippen molar-refractivity contribution in [3.05, 3.63) is 48.1 Å². The van der Waals surface area contributed by atoms with Gasteiger partial charge in [0.1, 0.15) is 6.61 Å². The van der Waals surface area contributed by atoms with E-state index in [0.29, 0.717) is 18.8 Å². The zero-order chi connectivity index (χ0) is 12.6. The molecular weight excluding hydrogens is 234 g/mol. The summed E-state index contributed by atoms with van der Waals surface area (Å²) >= 11 is 0. The van der Waals surface area contributed by atoms with Gasteiger partial charge in [-0.15, -0.1) is 0 Å². The fraction of sp³-hybridized carbons (Fsp3) is 0.250. The van der Waals surface area contributed by atoms with Gasteiger partial charge in [-0.25, -0.2) is 4.79 Å². The first-order valence-electron chi connectivity index (χ1n) is 5.54. The van der Waals surface area contributed by atoms with Crippen LogP contribution in [-0.4, -0.2) is 22.8 Å². The third-order valence-corrected chi connectivity index (χ3v) is 2.24. The molecule has 0 unspecified atom stereocenters. The van der Waals surface area contributed by atoms with Gasteiger partial charge in [0.25, 0.3) is 0 Å². The van der Waals surface area contributed by atoms with Gasteiger partial charge < -0.3 is 14.6 Å². The highest BCUT2D eigenvalue weighted by Crippen LogP contribution is 2.00. The number of carbonyl (C=O) groups is 1. The zero-order valence-corrected chi connectivity index (χ0v) is 9.70. The van der Waals surface area contributed by atoms with E-state index in [1.165, 1.54) is 6.39 Å². The second-order valence-corrected chi connectivity index (χ2v) is 3.59. The molecule has 0 atom stereocenters. The molecule has 1 aromatic carbocycles. The molecule has 0 fully saturated rings. The average Bonchev–Trinajstić information content (AvgIpc) is 2.91. The van der Waals surface area contributed by atoms with E-state index >= 15 is 0 Å². The summed E-state index contributed by atoms with van der Waals surface area (Å²) in [7, 11) is 0. The second-order valence-electron chi connectivity index (χ2n) is 3.59.